The fraction of sp³-hybridized carbons (Fsp3) is 0.250. The predicted molar refractivity (Wildman–Crippen MR) is 58.6 cm³/mol. The highest BCUT2D eigenvalue weighted by Crippen LogP contribution is 2.52. The second kappa shape index (κ2) is 4.93. The van der Waals surface area contributed by atoms with Crippen molar-refractivity contribution in [2.45, 2.75) is 5.66 Å². The topological polar surface area (TPSA) is 101 Å². The van der Waals surface area contributed by atoms with Crippen LogP contribution in [-0.4, -0.2) is 20.6 Å². The van der Waals surface area contributed by atoms with E-state index in [2.05, 4.69) is 0 Å². The summed E-state index contributed by atoms with van der Waals surface area (Å²) in [6.07, 6.45) is 0. The van der Waals surface area contributed by atoms with Crippen molar-refractivity contribution in [2.24, 2.45) is 0 Å². The van der Waals surface area contributed by atoms with Crippen LogP contribution in [0.25, 0.3) is 0 Å². The van der Waals surface area contributed by atoms with Crippen LogP contribution in [0.5, 0.6) is 0 Å². The van der Waals surface area contributed by atoms with Crippen LogP contribution in [0, 0.1) is 10.1 Å². The van der Waals surface area contributed by atoms with Crippen LogP contribution in [0.3, 0.4) is 0 Å². The molecule has 2 N–H and O–H groups in total. The standard InChI is InChI=1S/C8H9ClNO5P/c9-5-8(16(13,14)15)6-2-1-3-7(4-6)10(11)12/h1-4,8H,5H2,(H2,13,14,15). The first-order chi connectivity index (χ1) is 7.36. The number of rotatable bonds is 4. The average molecular weight is 266 g/mol. The molecule has 0 amide bonds. The minimum Gasteiger partial charge on any atom is -0.324 e. The molecule has 0 spiro atoms. The summed E-state index contributed by atoms with van der Waals surface area (Å²) in [5, 5.41) is 10.5. The zero-order chi connectivity index (χ0) is 12.3. The number of hydrogen-bond donors (Lipinski definition) is 2. The van der Waals surface area contributed by atoms with Crippen molar-refractivity contribution in [2.75, 3.05) is 5.88 Å². The molecule has 0 aliphatic carbocycles. The Morgan fingerprint density at radius 3 is 2.56 bits per heavy atom. The fourth-order valence-corrected chi connectivity index (χ4v) is 2.67. The van der Waals surface area contributed by atoms with Crippen molar-refractivity contribution < 1.29 is 19.3 Å². The van der Waals surface area contributed by atoms with Crippen molar-refractivity contribution in [3.05, 3.63) is 39.9 Å². The van der Waals surface area contributed by atoms with E-state index >= 15 is 0 Å². The number of nitrogens with zero attached hydrogens (tertiary/aromatic N) is 1. The maximum Gasteiger partial charge on any atom is 0.334 e. The fourth-order valence-electron chi connectivity index (χ4n) is 1.22. The number of non-ortho nitro benzene ring substituents is 1. The SMILES string of the molecule is O=[N+]([O-])c1cccc(C(CCl)P(=O)(O)O)c1. The van der Waals surface area contributed by atoms with E-state index in [1.54, 1.807) is 0 Å². The lowest BCUT2D eigenvalue weighted by Gasteiger charge is -2.15. The summed E-state index contributed by atoms with van der Waals surface area (Å²) >= 11 is 5.46. The van der Waals surface area contributed by atoms with Gasteiger partial charge in [-0.05, 0) is 5.56 Å². The maximum absolute atomic E-state index is 11.1. The van der Waals surface area contributed by atoms with E-state index in [1.165, 1.54) is 18.2 Å². The zero-order valence-electron chi connectivity index (χ0n) is 7.99. The van der Waals surface area contributed by atoms with Crippen molar-refractivity contribution in [3.63, 3.8) is 0 Å². The van der Waals surface area contributed by atoms with Gasteiger partial charge in [-0.1, -0.05) is 12.1 Å². The molecule has 1 aromatic carbocycles. The molecular formula is C8H9ClNO5P. The molecule has 0 radical (unpaired) electrons. The molecule has 6 nitrogen and oxygen atoms in total. The van der Waals surface area contributed by atoms with Gasteiger partial charge in [-0.3, -0.25) is 14.7 Å². The van der Waals surface area contributed by atoms with Gasteiger partial charge in [-0.25, -0.2) is 0 Å². The van der Waals surface area contributed by atoms with E-state index in [0.717, 1.165) is 6.07 Å². The third-order valence-corrected chi connectivity index (χ3v) is 3.83. The Bertz CT molecular complexity index is 446. The maximum atomic E-state index is 11.1. The van der Waals surface area contributed by atoms with E-state index in [-0.39, 0.29) is 17.1 Å². The molecule has 0 fully saturated rings. The molecule has 88 valence electrons. The first kappa shape index (κ1) is 13.1. The summed E-state index contributed by atoms with van der Waals surface area (Å²) in [6.45, 7) is 0. The lowest BCUT2D eigenvalue weighted by molar-refractivity contribution is -0.384. The molecule has 8 heteroatoms. The first-order valence-corrected chi connectivity index (χ1v) is 6.43. The summed E-state index contributed by atoms with van der Waals surface area (Å²) in [4.78, 5) is 27.9. The van der Waals surface area contributed by atoms with Gasteiger partial charge in [0.25, 0.3) is 5.69 Å². The molecule has 1 aromatic rings. The number of nitro groups is 1. The van der Waals surface area contributed by atoms with Gasteiger partial charge in [-0.2, -0.15) is 0 Å². The van der Waals surface area contributed by atoms with Crippen LogP contribution in [0.15, 0.2) is 24.3 Å². The largest absolute Gasteiger partial charge is 0.334 e. The minimum atomic E-state index is -4.40. The molecule has 0 heterocycles. The van der Waals surface area contributed by atoms with E-state index in [0.29, 0.717) is 0 Å². The second-order valence-electron chi connectivity index (χ2n) is 3.11. The van der Waals surface area contributed by atoms with Crippen molar-refractivity contribution in [1.82, 2.24) is 0 Å². The number of benzene rings is 1. The van der Waals surface area contributed by atoms with Crippen LogP contribution < -0.4 is 0 Å². The highest BCUT2D eigenvalue weighted by Gasteiger charge is 2.30. The van der Waals surface area contributed by atoms with E-state index in [4.69, 9.17) is 21.4 Å². The zero-order valence-corrected chi connectivity index (χ0v) is 9.64. The van der Waals surface area contributed by atoms with Gasteiger partial charge in [0.15, 0.2) is 0 Å². The second-order valence-corrected chi connectivity index (χ2v) is 5.22. The quantitative estimate of drug-likeness (QED) is 0.375. The van der Waals surface area contributed by atoms with Gasteiger partial charge in [0.2, 0.25) is 0 Å². The molecule has 0 aliphatic heterocycles. The summed E-state index contributed by atoms with van der Waals surface area (Å²) in [5.74, 6) is -0.300. The van der Waals surface area contributed by atoms with E-state index < -0.39 is 18.2 Å². The molecule has 0 bridgehead atoms. The molecule has 1 atom stereocenters. The van der Waals surface area contributed by atoms with E-state index in [9.17, 15) is 14.7 Å². The monoisotopic (exact) mass is 265 g/mol. The minimum absolute atomic E-state index is 0.164. The Morgan fingerprint density at radius 2 is 2.12 bits per heavy atom. The van der Waals surface area contributed by atoms with E-state index in [1.807, 2.05) is 0 Å². The van der Waals surface area contributed by atoms with Crippen LogP contribution >= 0.6 is 19.2 Å². The van der Waals surface area contributed by atoms with Gasteiger partial charge in [-0.15, -0.1) is 11.6 Å². The summed E-state index contributed by atoms with van der Waals surface area (Å²) < 4.78 is 11.1. The Hall–Kier alpha value is -0.940. The highest BCUT2D eigenvalue weighted by atomic mass is 35.5. The van der Waals surface area contributed by atoms with Gasteiger partial charge in [0, 0.05) is 18.0 Å². The van der Waals surface area contributed by atoms with Crippen molar-refractivity contribution in [1.29, 1.82) is 0 Å². The molecule has 0 aromatic heterocycles. The number of nitro benzene ring substituents is 1. The van der Waals surface area contributed by atoms with Gasteiger partial charge >= 0.3 is 7.60 Å². The van der Waals surface area contributed by atoms with Crippen molar-refractivity contribution >= 4 is 24.9 Å². The number of hydrogen-bond acceptors (Lipinski definition) is 3. The molecule has 0 saturated carbocycles. The van der Waals surface area contributed by atoms with Crippen molar-refractivity contribution in [3.8, 4) is 0 Å². The molecule has 0 saturated heterocycles. The lowest BCUT2D eigenvalue weighted by Crippen LogP contribution is -2.02. The number of alkyl halides is 1. The molecule has 16 heavy (non-hydrogen) atoms. The molecule has 1 unspecified atom stereocenters. The van der Waals surface area contributed by atoms with Crippen LogP contribution in [0.4, 0.5) is 5.69 Å². The first-order valence-electron chi connectivity index (χ1n) is 4.22. The predicted octanol–water partition coefficient (Wildman–Crippen LogP) is 2.05. The van der Waals surface area contributed by atoms with Crippen LogP contribution in [0.1, 0.15) is 11.2 Å². The summed E-state index contributed by atoms with van der Waals surface area (Å²) in [6, 6.07) is 5.13. The lowest BCUT2D eigenvalue weighted by atomic mass is 10.1. The Kier molecular flexibility index (Phi) is 4.04. The Balaban J connectivity index is 3.17. The van der Waals surface area contributed by atoms with Gasteiger partial charge in [0.1, 0.15) is 0 Å². The van der Waals surface area contributed by atoms with Crippen LogP contribution in [0.2, 0.25) is 0 Å². The molecule has 0 aliphatic rings. The Morgan fingerprint density at radius 1 is 1.50 bits per heavy atom. The Labute approximate surface area is 96.2 Å². The smallest absolute Gasteiger partial charge is 0.324 e. The van der Waals surface area contributed by atoms with Crippen LogP contribution in [-0.2, 0) is 4.57 Å². The summed E-state index contributed by atoms with van der Waals surface area (Å²) in [7, 11) is -4.40. The molecular weight excluding hydrogens is 257 g/mol. The van der Waals surface area contributed by atoms with Gasteiger partial charge < -0.3 is 9.79 Å². The highest BCUT2D eigenvalue weighted by molar-refractivity contribution is 7.52. The van der Waals surface area contributed by atoms with Gasteiger partial charge in [0.05, 0.1) is 10.6 Å². The summed E-state index contributed by atoms with van der Waals surface area (Å²) in [5.41, 5.74) is -1.27. The number of halogens is 1. The third-order valence-electron chi connectivity index (χ3n) is 2.02. The molecule has 1 rings (SSSR count). The third kappa shape index (κ3) is 3.02. The average Bonchev–Trinajstić information content (AvgIpc) is 2.17. The normalized spacial score (nSPS) is 13.4.